The van der Waals surface area contributed by atoms with E-state index in [2.05, 4.69) is 15.9 Å². The van der Waals surface area contributed by atoms with E-state index < -0.39 is 0 Å². The van der Waals surface area contributed by atoms with Gasteiger partial charge in [-0.05, 0) is 35.9 Å². The minimum atomic E-state index is 0.405. The molecule has 0 saturated carbocycles. The molecule has 0 amide bonds. The highest BCUT2D eigenvalue weighted by Crippen LogP contribution is 2.30. The summed E-state index contributed by atoms with van der Waals surface area (Å²) in [5.74, 6) is 2.15. The van der Waals surface area contributed by atoms with E-state index in [1.165, 1.54) is 0 Å². The average Bonchev–Trinajstić information content (AvgIpc) is 2.53. The number of hydrogen-bond acceptors (Lipinski definition) is 4. The standard InChI is InChI=1S/C16H18BrNO3/c1-19-13-4-5-14(17)12(8-13)10-21-16-7-11(9-18)3-6-15(16)20-2/h3-8H,9-10,18H2,1-2H3. The van der Waals surface area contributed by atoms with E-state index >= 15 is 0 Å². The van der Waals surface area contributed by atoms with Crippen molar-refractivity contribution in [2.24, 2.45) is 5.73 Å². The third-order valence-electron chi connectivity index (χ3n) is 3.10. The second kappa shape index (κ2) is 7.33. The van der Waals surface area contributed by atoms with Crippen molar-refractivity contribution in [3.05, 3.63) is 52.0 Å². The Kier molecular flexibility index (Phi) is 5.47. The maximum absolute atomic E-state index is 5.87. The van der Waals surface area contributed by atoms with Crippen molar-refractivity contribution in [2.75, 3.05) is 14.2 Å². The van der Waals surface area contributed by atoms with E-state index in [9.17, 15) is 0 Å². The molecule has 0 heterocycles. The molecule has 0 aromatic heterocycles. The van der Waals surface area contributed by atoms with Crippen LogP contribution in [-0.4, -0.2) is 14.2 Å². The normalized spacial score (nSPS) is 10.3. The maximum atomic E-state index is 5.87. The number of ether oxygens (including phenoxy) is 3. The smallest absolute Gasteiger partial charge is 0.161 e. The third kappa shape index (κ3) is 3.89. The Bertz CT molecular complexity index is 616. The molecule has 0 aliphatic heterocycles. The molecule has 2 N–H and O–H groups in total. The molecule has 21 heavy (non-hydrogen) atoms. The molecule has 4 nitrogen and oxygen atoms in total. The predicted molar refractivity (Wildman–Crippen MR) is 85.9 cm³/mol. The van der Waals surface area contributed by atoms with E-state index in [0.717, 1.165) is 21.3 Å². The van der Waals surface area contributed by atoms with Crippen molar-refractivity contribution in [2.45, 2.75) is 13.2 Å². The van der Waals surface area contributed by atoms with Crippen molar-refractivity contribution >= 4 is 15.9 Å². The van der Waals surface area contributed by atoms with Crippen LogP contribution in [0.2, 0.25) is 0 Å². The summed E-state index contributed by atoms with van der Waals surface area (Å²) in [6, 6.07) is 11.4. The fraction of sp³-hybridized carbons (Fsp3) is 0.250. The largest absolute Gasteiger partial charge is 0.497 e. The molecule has 0 spiro atoms. The molecule has 2 aromatic carbocycles. The number of nitrogens with two attached hydrogens (primary N) is 1. The minimum Gasteiger partial charge on any atom is -0.497 e. The Hall–Kier alpha value is -1.72. The number of halogens is 1. The van der Waals surface area contributed by atoms with Crippen LogP contribution < -0.4 is 19.9 Å². The number of rotatable bonds is 6. The first-order chi connectivity index (χ1) is 10.2. The first-order valence-corrected chi connectivity index (χ1v) is 7.29. The van der Waals surface area contributed by atoms with Gasteiger partial charge in [-0.3, -0.25) is 0 Å². The zero-order valence-electron chi connectivity index (χ0n) is 12.1. The topological polar surface area (TPSA) is 53.7 Å². The lowest BCUT2D eigenvalue weighted by Gasteiger charge is -2.13. The Morgan fingerprint density at radius 1 is 1.00 bits per heavy atom. The molecule has 0 bridgehead atoms. The van der Waals surface area contributed by atoms with Crippen LogP contribution in [-0.2, 0) is 13.2 Å². The first-order valence-electron chi connectivity index (χ1n) is 6.50. The molecular formula is C16H18BrNO3. The summed E-state index contributed by atoms with van der Waals surface area (Å²) in [5, 5.41) is 0. The van der Waals surface area contributed by atoms with Gasteiger partial charge in [0.2, 0.25) is 0 Å². The van der Waals surface area contributed by atoms with Gasteiger partial charge in [-0.25, -0.2) is 0 Å². The fourth-order valence-electron chi connectivity index (χ4n) is 1.91. The fourth-order valence-corrected chi connectivity index (χ4v) is 2.27. The second-order valence-corrected chi connectivity index (χ2v) is 5.29. The maximum Gasteiger partial charge on any atom is 0.161 e. The summed E-state index contributed by atoms with van der Waals surface area (Å²) in [6.07, 6.45) is 0. The van der Waals surface area contributed by atoms with Gasteiger partial charge in [0.1, 0.15) is 12.4 Å². The van der Waals surface area contributed by atoms with Gasteiger partial charge < -0.3 is 19.9 Å². The summed E-state index contributed by atoms with van der Waals surface area (Å²) < 4.78 is 17.4. The van der Waals surface area contributed by atoms with Crippen LogP contribution in [0.15, 0.2) is 40.9 Å². The summed E-state index contributed by atoms with van der Waals surface area (Å²) >= 11 is 3.51. The van der Waals surface area contributed by atoms with Crippen LogP contribution >= 0.6 is 15.9 Å². The molecule has 2 rings (SSSR count). The molecule has 0 aliphatic rings. The molecule has 0 saturated heterocycles. The van der Waals surface area contributed by atoms with Crippen molar-refractivity contribution < 1.29 is 14.2 Å². The lowest BCUT2D eigenvalue weighted by atomic mass is 10.2. The van der Waals surface area contributed by atoms with Crippen molar-refractivity contribution in [1.29, 1.82) is 0 Å². The van der Waals surface area contributed by atoms with E-state index in [4.69, 9.17) is 19.9 Å². The average molecular weight is 352 g/mol. The highest BCUT2D eigenvalue weighted by atomic mass is 79.9. The van der Waals surface area contributed by atoms with Gasteiger partial charge in [-0.1, -0.05) is 22.0 Å². The Labute approximate surface area is 132 Å². The molecule has 0 fully saturated rings. The lowest BCUT2D eigenvalue weighted by Crippen LogP contribution is -2.01. The molecule has 0 aliphatic carbocycles. The Balaban J connectivity index is 2.19. The van der Waals surface area contributed by atoms with E-state index in [1.54, 1.807) is 14.2 Å². The molecular weight excluding hydrogens is 334 g/mol. The van der Waals surface area contributed by atoms with Crippen LogP contribution in [0.3, 0.4) is 0 Å². The van der Waals surface area contributed by atoms with Crippen LogP contribution in [0.1, 0.15) is 11.1 Å². The zero-order valence-corrected chi connectivity index (χ0v) is 13.6. The number of benzene rings is 2. The minimum absolute atomic E-state index is 0.405. The van der Waals surface area contributed by atoms with E-state index in [-0.39, 0.29) is 0 Å². The van der Waals surface area contributed by atoms with E-state index in [0.29, 0.717) is 24.7 Å². The summed E-state index contributed by atoms with van der Waals surface area (Å²) in [5.41, 5.74) is 7.65. The molecule has 0 atom stereocenters. The van der Waals surface area contributed by atoms with Gasteiger partial charge >= 0.3 is 0 Å². The summed E-state index contributed by atoms with van der Waals surface area (Å²) in [6.45, 7) is 0.866. The number of hydrogen-bond donors (Lipinski definition) is 1. The second-order valence-electron chi connectivity index (χ2n) is 4.44. The van der Waals surface area contributed by atoms with Crippen molar-refractivity contribution in [3.63, 3.8) is 0 Å². The SMILES string of the molecule is COc1ccc(Br)c(COc2cc(CN)ccc2OC)c1. The molecule has 112 valence electrons. The van der Waals surface area contributed by atoms with Gasteiger partial charge in [0.25, 0.3) is 0 Å². The monoisotopic (exact) mass is 351 g/mol. The summed E-state index contributed by atoms with van der Waals surface area (Å²) in [7, 11) is 3.26. The Morgan fingerprint density at radius 3 is 2.48 bits per heavy atom. The van der Waals surface area contributed by atoms with Gasteiger partial charge in [0.15, 0.2) is 11.5 Å². The highest BCUT2D eigenvalue weighted by molar-refractivity contribution is 9.10. The van der Waals surface area contributed by atoms with Crippen LogP contribution in [0.4, 0.5) is 0 Å². The van der Waals surface area contributed by atoms with Crippen LogP contribution in [0.5, 0.6) is 17.2 Å². The summed E-state index contributed by atoms with van der Waals surface area (Å²) in [4.78, 5) is 0. The van der Waals surface area contributed by atoms with Crippen molar-refractivity contribution in [3.8, 4) is 17.2 Å². The van der Waals surface area contributed by atoms with E-state index in [1.807, 2.05) is 36.4 Å². The number of methoxy groups -OCH3 is 2. The molecule has 2 aromatic rings. The molecule has 5 heteroatoms. The van der Waals surface area contributed by atoms with Crippen LogP contribution in [0, 0.1) is 0 Å². The predicted octanol–water partition coefficient (Wildman–Crippen LogP) is 3.50. The van der Waals surface area contributed by atoms with Gasteiger partial charge in [0.05, 0.1) is 14.2 Å². The zero-order chi connectivity index (χ0) is 15.2. The highest BCUT2D eigenvalue weighted by Gasteiger charge is 2.08. The van der Waals surface area contributed by atoms with Crippen molar-refractivity contribution in [1.82, 2.24) is 0 Å². The van der Waals surface area contributed by atoms with Gasteiger partial charge in [-0.2, -0.15) is 0 Å². The Morgan fingerprint density at radius 2 is 1.81 bits per heavy atom. The molecule has 0 radical (unpaired) electrons. The quantitative estimate of drug-likeness (QED) is 0.865. The first kappa shape index (κ1) is 15.7. The van der Waals surface area contributed by atoms with Gasteiger partial charge in [0, 0.05) is 16.6 Å². The third-order valence-corrected chi connectivity index (χ3v) is 3.87. The lowest BCUT2D eigenvalue weighted by molar-refractivity contribution is 0.283. The van der Waals surface area contributed by atoms with Gasteiger partial charge in [-0.15, -0.1) is 0 Å². The van der Waals surface area contributed by atoms with Crippen LogP contribution in [0.25, 0.3) is 0 Å². The molecule has 0 unspecified atom stereocenters.